The van der Waals surface area contributed by atoms with Crippen LogP contribution in [-0.4, -0.2) is 29.8 Å². The summed E-state index contributed by atoms with van der Waals surface area (Å²) in [7, 11) is 0. The third-order valence-corrected chi connectivity index (χ3v) is 4.61. The number of hydrogen-bond donors (Lipinski definition) is 2. The average molecular weight is 386 g/mol. The Morgan fingerprint density at radius 3 is 2.38 bits per heavy atom. The van der Waals surface area contributed by atoms with Crippen molar-refractivity contribution in [2.45, 2.75) is 27.0 Å². The molecule has 1 aromatic carbocycles. The molecule has 0 unspecified atom stereocenters. The standard InChI is InChI=1S/C22H22N6O/c1-15-3-5-17(6-4-15)11-23-22-10-8-19(26-27-22)18-7-9-21(20(13-29)25-18)28-12-16(2)24-14-28/h3-10,12,14,29H,11,13H2,1-2H3,(H,23,27). The van der Waals surface area contributed by atoms with E-state index in [1.54, 1.807) is 6.33 Å². The normalized spacial score (nSPS) is 10.9. The monoisotopic (exact) mass is 386 g/mol. The Balaban J connectivity index is 1.50. The first-order valence-electron chi connectivity index (χ1n) is 9.37. The van der Waals surface area contributed by atoms with Gasteiger partial charge in [-0.05, 0) is 43.7 Å². The highest BCUT2D eigenvalue weighted by molar-refractivity contribution is 5.57. The summed E-state index contributed by atoms with van der Waals surface area (Å²) in [4.78, 5) is 8.78. The molecule has 0 saturated heterocycles. The lowest BCUT2D eigenvalue weighted by Crippen LogP contribution is -2.04. The van der Waals surface area contributed by atoms with Crippen molar-refractivity contribution in [2.24, 2.45) is 0 Å². The minimum Gasteiger partial charge on any atom is -0.390 e. The summed E-state index contributed by atoms with van der Waals surface area (Å²) in [5.74, 6) is 0.696. The van der Waals surface area contributed by atoms with E-state index in [4.69, 9.17) is 0 Å². The summed E-state index contributed by atoms with van der Waals surface area (Å²) in [6.45, 7) is 4.49. The fourth-order valence-corrected chi connectivity index (χ4v) is 3.00. The summed E-state index contributed by atoms with van der Waals surface area (Å²) in [6.07, 6.45) is 3.60. The quantitative estimate of drug-likeness (QED) is 0.528. The predicted molar refractivity (Wildman–Crippen MR) is 112 cm³/mol. The zero-order valence-electron chi connectivity index (χ0n) is 16.4. The lowest BCUT2D eigenvalue weighted by Gasteiger charge is -2.10. The molecule has 4 rings (SSSR count). The molecule has 0 fully saturated rings. The van der Waals surface area contributed by atoms with Gasteiger partial charge in [-0.15, -0.1) is 10.2 Å². The molecule has 7 nitrogen and oxygen atoms in total. The molecule has 3 aromatic heterocycles. The molecule has 0 spiro atoms. The van der Waals surface area contributed by atoms with E-state index in [9.17, 15) is 5.11 Å². The van der Waals surface area contributed by atoms with E-state index in [0.717, 1.165) is 11.4 Å². The lowest BCUT2D eigenvalue weighted by atomic mass is 10.1. The summed E-state index contributed by atoms with van der Waals surface area (Å²) in [5.41, 5.74) is 5.98. The zero-order valence-corrected chi connectivity index (χ0v) is 16.4. The number of aromatic nitrogens is 5. The van der Waals surface area contributed by atoms with E-state index in [0.29, 0.717) is 29.4 Å². The highest BCUT2D eigenvalue weighted by atomic mass is 16.3. The zero-order chi connectivity index (χ0) is 20.2. The molecule has 0 radical (unpaired) electrons. The molecule has 0 saturated carbocycles. The SMILES string of the molecule is Cc1ccc(CNc2ccc(-c3ccc(-n4cnc(C)c4)c(CO)n3)nn2)cc1. The van der Waals surface area contributed by atoms with Crippen LogP contribution in [0.4, 0.5) is 5.82 Å². The number of imidazole rings is 1. The van der Waals surface area contributed by atoms with Crippen LogP contribution < -0.4 is 5.32 Å². The van der Waals surface area contributed by atoms with E-state index in [-0.39, 0.29) is 6.61 Å². The first-order chi connectivity index (χ1) is 14.1. The Morgan fingerprint density at radius 2 is 1.72 bits per heavy atom. The van der Waals surface area contributed by atoms with Gasteiger partial charge in [0.1, 0.15) is 11.5 Å². The molecule has 4 aromatic rings. The highest BCUT2D eigenvalue weighted by Crippen LogP contribution is 2.21. The Labute approximate surface area is 169 Å². The van der Waals surface area contributed by atoms with Crippen molar-refractivity contribution in [3.8, 4) is 17.1 Å². The molecule has 0 aliphatic rings. The number of aryl methyl sites for hydroxylation is 2. The smallest absolute Gasteiger partial charge is 0.148 e. The first kappa shape index (κ1) is 18.8. The number of rotatable bonds is 6. The maximum atomic E-state index is 9.76. The second-order valence-electron chi connectivity index (χ2n) is 6.89. The van der Waals surface area contributed by atoms with Crippen molar-refractivity contribution in [1.29, 1.82) is 0 Å². The van der Waals surface area contributed by atoms with Crippen LogP contribution in [0.25, 0.3) is 17.1 Å². The molecular formula is C22H22N6O. The second-order valence-corrected chi connectivity index (χ2v) is 6.89. The van der Waals surface area contributed by atoms with Gasteiger partial charge in [0, 0.05) is 12.7 Å². The number of aliphatic hydroxyl groups excluding tert-OH is 1. The summed E-state index contributed by atoms with van der Waals surface area (Å²) in [6, 6.07) is 15.9. The number of hydrogen-bond acceptors (Lipinski definition) is 6. The molecule has 3 heterocycles. The van der Waals surface area contributed by atoms with Gasteiger partial charge < -0.3 is 15.0 Å². The molecule has 0 aliphatic heterocycles. The maximum absolute atomic E-state index is 9.76. The van der Waals surface area contributed by atoms with Gasteiger partial charge in [0.25, 0.3) is 0 Å². The predicted octanol–water partition coefficient (Wildman–Crippen LogP) is 3.45. The average Bonchev–Trinajstić information content (AvgIpc) is 3.19. The van der Waals surface area contributed by atoms with Crippen LogP contribution in [0, 0.1) is 13.8 Å². The Morgan fingerprint density at radius 1 is 0.931 bits per heavy atom. The van der Waals surface area contributed by atoms with Crippen molar-refractivity contribution in [3.05, 3.63) is 83.6 Å². The molecule has 0 amide bonds. The van der Waals surface area contributed by atoms with Gasteiger partial charge in [-0.25, -0.2) is 9.97 Å². The number of anilines is 1. The van der Waals surface area contributed by atoms with E-state index in [1.165, 1.54) is 11.1 Å². The Bertz CT molecular complexity index is 1100. The number of benzene rings is 1. The Hall–Kier alpha value is -3.58. The van der Waals surface area contributed by atoms with Crippen LogP contribution in [0.5, 0.6) is 0 Å². The van der Waals surface area contributed by atoms with Gasteiger partial charge in [-0.3, -0.25) is 0 Å². The molecule has 0 bridgehead atoms. The van der Waals surface area contributed by atoms with Crippen LogP contribution >= 0.6 is 0 Å². The molecule has 0 atom stereocenters. The van der Waals surface area contributed by atoms with Crippen molar-refractivity contribution in [1.82, 2.24) is 24.7 Å². The largest absolute Gasteiger partial charge is 0.390 e. The van der Waals surface area contributed by atoms with Gasteiger partial charge in [0.15, 0.2) is 0 Å². The molecule has 0 aliphatic carbocycles. The molecule has 29 heavy (non-hydrogen) atoms. The topological polar surface area (TPSA) is 88.8 Å². The summed E-state index contributed by atoms with van der Waals surface area (Å²) >= 11 is 0. The Kier molecular flexibility index (Phi) is 5.31. The third kappa shape index (κ3) is 4.30. The van der Waals surface area contributed by atoms with Crippen molar-refractivity contribution < 1.29 is 5.11 Å². The number of nitrogens with zero attached hydrogens (tertiary/aromatic N) is 5. The van der Waals surface area contributed by atoms with Crippen molar-refractivity contribution >= 4 is 5.82 Å². The fraction of sp³-hybridized carbons (Fsp3) is 0.182. The molecule has 2 N–H and O–H groups in total. The van der Waals surface area contributed by atoms with Crippen molar-refractivity contribution in [2.75, 3.05) is 5.32 Å². The van der Waals surface area contributed by atoms with E-state index >= 15 is 0 Å². The molecule has 7 heteroatoms. The number of nitrogens with one attached hydrogen (secondary N) is 1. The number of pyridine rings is 1. The van der Waals surface area contributed by atoms with Gasteiger partial charge >= 0.3 is 0 Å². The molecule has 146 valence electrons. The highest BCUT2D eigenvalue weighted by Gasteiger charge is 2.10. The summed E-state index contributed by atoms with van der Waals surface area (Å²) in [5, 5.41) is 21.6. The van der Waals surface area contributed by atoms with Crippen LogP contribution in [0.1, 0.15) is 22.5 Å². The minimum absolute atomic E-state index is 0.177. The molecular weight excluding hydrogens is 364 g/mol. The maximum Gasteiger partial charge on any atom is 0.148 e. The van der Waals surface area contributed by atoms with E-state index in [2.05, 4.69) is 56.7 Å². The van der Waals surface area contributed by atoms with Crippen LogP contribution in [0.3, 0.4) is 0 Å². The van der Waals surface area contributed by atoms with Gasteiger partial charge in [-0.1, -0.05) is 29.8 Å². The number of aliphatic hydroxyl groups is 1. The van der Waals surface area contributed by atoms with Gasteiger partial charge in [-0.2, -0.15) is 0 Å². The second kappa shape index (κ2) is 8.20. The first-order valence-corrected chi connectivity index (χ1v) is 9.37. The summed E-state index contributed by atoms with van der Waals surface area (Å²) < 4.78 is 1.85. The lowest BCUT2D eigenvalue weighted by molar-refractivity contribution is 0.276. The minimum atomic E-state index is -0.177. The van der Waals surface area contributed by atoms with E-state index < -0.39 is 0 Å². The van der Waals surface area contributed by atoms with Gasteiger partial charge in [0.2, 0.25) is 0 Å². The fourth-order valence-electron chi connectivity index (χ4n) is 3.00. The van der Waals surface area contributed by atoms with Crippen molar-refractivity contribution in [3.63, 3.8) is 0 Å². The van der Waals surface area contributed by atoms with Gasteiger partial charge in [0.05, 0.1) is 35.7 Å². The van der Waals surface area contributed by atoms with Crippen LogP contribution in [0.2, 0.25) is 0 Å². The van der Waals surface area contributed by atoms with Crippen LogP contribution in [-0.2, 0) is 13.2 Å². The third-order valence-electron chi connectivity index (χ3n) is 4.61. The van der Waals surface area contributed by atoms with Crippen LogP contribution in [0.15, 0.2) is 61.1 Å². The van der Waals surface area contributed by atoms with E-state index in [1.807, 2.05) is 42.0 Å².